The number of nitrogens with zero attached hydrogens (tertiary/aromatic N) is 1. The minimum atomic E-state index is -0.315. The molecule has 2 aliphatic rings. The van der Waals surface area contributed by atoms with E-state index in [0.29, 0.717) is 5.92 Å². The van der Waals surface area contributed by atoms with Gasteiger partial charge in [0.2, 0.25) is 5.91 Å². The van der Waals surface area contributed by atoms with E-state index >= 15 is 0 Å². The summed E-state index contributed by atoms with van der Waals surface area (Å²) in [5.74, 6) is 0.903. The summed E-state index contributed by atoms with van der Waals surface area (Å²) in [6.07, 6.45) is 2.18. The van der Waals surface area contributed by atoms with Crippen LogP contribution < -0.4 is 0 Å². The number of aryl methyl sites for hydroxylation is 1. The molecule has 0 unspecified atom stereocenters. The molecule has 1 fully saturated rings. The van der Waals surface area contributed by atoms with Crippen LogP contribution in [0.15, 0.2) is 42.5 Å². The molecule has 2 nitrogen and oxygen atoms in total. The van der Waals surface area contributed by atoms with Gasteiger partial charge in [-0.3, -0.25) is 4.79 Å². The standard InChI is InChI=1S/C23H27NO/c1-15-5-7-16(8-6-15)17-9-10-19-18-11-12-24(22(25)23(2,3)4)21(14-18)20(19)13-17/h5-10,13,18,21H,11-12,14H2,1-4H3/t18-,21-/m1/s1. The van der Waals surface area contributed by atoms with E-state index in [1.54, 1.807) is 0 Å². The largest absolute Gasteiger partial charge is 0.335 e. The molecule has 1 aliphatic heterocycles. The zero-order valence-corrected chi connectivity index (χ0v) is 15.7. The number of fused-ring (bicyclic) bond motifs is 5. The second-order valence-corrected chi connectivity index (χ2v) is 8.70. The molecule has 1 aliphatic carbocycles. The Hall–Kier alpha value is -2.09. The van der Waals surface area contributed by atoms with Crippen molar-refractivity contribution in [2.45, 2.75) is 52.5 Å². The topological polar surface area (TPSA) is 20.3 Å². The van der Waals surface area contributed by atoms with E-state index in [1.807, 2.05) is 20.8 Å². The number of hydrogen-bond acceptors (Lipinski definition) is 1. The SMILES string of the molecule is Cc1ccc(-c2ccc3c(c2)[C@H]2C[C@H]3CCN2C(=O)C(C)(C)C)cc1. The highest BCUT2D eigenvalue weighted by atomic mass is 16.2. The maximum Gasteiger partial charge on any atom is 0.228 e. The van der Waals surface area contributed by atoms with E-state index < -0.39 is 0 Å². The third-order valence-corrected chi connectivity index (χ3v) is 5.78. The van der Waals surface area contributed by atoms with Crippen LogP contribution >= 0.6 is 0 Å². The molecule has 2 heteroatoms. The van der Waals surface area contributed by atoms with E-state index in [-0.39, 0.29) is 17.4 Å². The van der Waals surface area contributed by atoms with Crippen LogP contribution in [0.2, 0.25) is 0 Å². The maximum absolute atomic E-state index is 12.9. The molecule has 2 bridgehead atoms. The summed E-state index contributed by atoms with van der Waals surface area (Å²) in [6, 6.07) is 15.9. The second kappa shape index (κ2) is 5.72. The van der Waals surface area contributed by atoms with Gasteiger partial charge in [-0.25, -0.2) is 0 Å². The van der Waals surface area contributed by atoms with Crippen molar-refractivity contribution in [3.05, 3.63) is 59.2 Å². The molecule has 0 saturated carbocycles. The van der Waals surface area contributed by atoms with E-state index in [9.17, 15) is 4.79 Å². The Morgan fingerprint density at radius 3 is 2.36 bits per heavy atom. The lowest BCUT2D eigenvalue weighted by Crippen LogP contribution is -2.43. The molecule has 0 radical (unpaired) electrons. The predicted octanol–water partition coefficient (Wildman–Crippen LogP) is 5.47. The molecule has 4 rings (SSSR count). The number of hydrogen-bond donors (Lipinski definition) is 0. The third kappa shape index (κ3) is 2.78. The van der Waals surface area contributed by atoms with E-state index in [2.05, 4.69) is 54.3 Å². The zero-order chi connectivity index (χ0) is 17.8. The predicted molar refractivity (Wildman–Crippen MR) is 102 cm³/mol. The fraction of sp³-hybridized carbons (Fsp3) is 0.435. The van der Waals surface area contributed by atoms with Crippen molar-refractivity contribution in [2.75, 3.05) is 6.54 Å². The molecule has 1 heterocycles. The van der Waals surface area contributed by atoms with Crippen LogP contribution in [0.25, 0.3) is 11.1 Å². The average Bonchev–Trinajstić information content (AvgIpc) is 2.87. The Morgan fingerprint density at radius 2 is 1.68 bits per heavy atom. The fourth-order valence-corrected chi connectivity index (χ4v) is 4.38. The number of benzene rings is 2. The lowest BCUT2D eigenvalue weighted by molar-refractivity contribution is -0.143. The maximum atomic E-state index is 12.9. The van der Waals surface area contributed by atoms with Gasteiger partial charge in [-0.05, 0) is 54.0 Å². The van der Waals surface area contributed by atoms with Gasteiger partial charge in [0.25, 0.3) is 0 Å². The first-order chi connectivity index (χ1) is 11.8. The average molecular weight is 333 g/mol. The number of rotatable bonds is 1. The van der Waals surface area contributed by atoms with Gasteiger partial charge in [-0.1, -0.05) is 62.7 Å². The summed E-state index contributed by atoms with van der Waals surface area (Å²) in [5, 5.41) is 0. The van der Waals surface area contributed by atoms with Gasteiger partial charge in [0.05, 0.1) is 6.04 Å². The van der Waals surface area contributed by atoms with Crippen LogP contribution in [0.4, 0.5) is 0 Å². The van der Waals surface area contributed by atoms with Gasteiger partial charge >= 0.3 is 0 Å². The number of piperidine rings is 1. The fourth-order valence-electron chi connectivity index (χ4n) is 4.38. The zero-order valence-electron chi connectivity index (χ0n) is 15.7. The lowest BCUT2D eigenvalue weighted by atomic mass is 9.90. The molecule has 130 valence electrons. The third-order valence-electron chi connectivity index (χ3n) is 5.78. The van der Waals surface area contributed by atoms with Crippen LogP contribution in [0.1, 0.15) is 62.3 Å². The number of carbonyl (C=O) groups is 1. The number of carbonyl (C=O) groups excluding carboxylic acids is 1. The molecule has 0 N–H and O–H groups in total. The van der Waals surface area contributed by atoms with Crippen molar-refractivity contribution in [1.82, 2.24) is 4.90 Å². The van der Waals surface area contributed by atoms with Crippen molar-refractivity contribution in [1.29, 1.82) is 0 Å². The molecule has 2 aromatic rings. The Labute approximate surface area is 150 Å². The Kier molecular flexibility index (Phi) is 3.75. The monoisotopic (exact) mass is 333 g/mol. The quantitative estimate of drug-likeness (QED) is 0.678. The van der Waals surface area contributed by atoms with Gasteiger partial charge in [0.1, 0.15) is 0 Å². The van der Waals surface area contributed by atoms with E-state index in [0.717, 1.165) is 19.4 Å². The molecular weight excluding hydrogens is 306 g/mol. The summed E-state index contributed by atoms with van der Waals surface area (Å²) in [5.41, 5.74) is 6.31. The highest BCUT2D eigenvalue weighted by Crippen LogP contribution is 2.50. The van der Waals surface area contributed by atoms with Crippen molar-refractivity contribution in [2.24, 2.45) is 5.41 Å². The normalized spacial score (nSPS) is 22.0. The Morgan fingerprint density at radius 1 is 1.00 bits per heavy atom. The van der Waals surface area contributed by atoms with Crippen LogP contribution in [-0.2, 0) is 4.79 Å². The first kappa shape index (κ1) is 16.4. The first-order valence-corrected chi connectivity index (χ1v) is 9.36. The van der Waals surface area contributed by atoms with Gasteiger partial charge in [-0.15, -0.1) is 0 Å². The van der Waals surface area contributed by atoms with Crippen LogP contribution in [-0.4, -0.2) is 17.4 Å². The Bertz CT molecular complexity index is 813. The van der Waals surface area contributed by atoms with Gasteiger partial charge in [0, 0.05) is 12.0 Å². The molecule has 1 amide bonds. The van der Waals surface area contributed by atoms with E-state index in [1.165, 1.54) is 27.8 Å². The van der Waals surface area contributed by atoms with Gasteiger partial charge < -0.3 is 4.90 Å². The van der Waals surface area contributed by atoms with Crippen LogP contribution in [0, 0.1) is 12.3 Å². The molecule has 2 atom stereocenters. The van der Waals surface area contributed by atoms with Crippen LogP contribution in [0.5, 0.6) is 0 Å². The summed E-state index contributed by atoms with van der Waals surface area (Å²) in [7, 11) is 0. The van der Waals surface area contributed by atoms with Crippen LogP contribution in [0.3, 0.4) is 0 Å². The molecular formula is C23H27NO. The Balaban J connectivity index is 1.73. The smallest absolute Gasteiger partial charge is 0.228 e. The summed E-state index contributed by atoms with van der Waals surface area (Å²) < 4.78 is 0. The van der Waals surface area contributed by atoms with Gasteiger partial charge in [-0.2, -0.15) is 0 Å². The minimum absolute atomic E-state index is 0.255. The summed E-state index contributed by atoms with van der Waals surface area (Å²) in [4.78, 5) is 15.1. The van der Waals surface area contributed by atoms with Crippen molar-refractivity contribution in [3.8, 4) is 11.1 Å². The van der Waals surface area contributed by atoms with Gasteiger partial charge in [0.15, 0.2) is 0 Å². The molecule has 25 heavy (non-hydrogen) atoms. The summed E-state index contributed by atoms with van der Waals surface area (Å²) in [6.45, 7) is 9.09. The molecule has 0 spiro atoms. The van der Waals surface area contributed by atoms with E-state index in [4.69, 9.17) is 0 Å². The minimum Gasteiger partial charge on any atom is -0.335 e. The van der Waals surface area contributed by atoms with Crippen molar-refractivity contribution < 1.29 is 4.79 Å². The highest BCUT2D eigenvalue weighted by molar-refractivity contribution is 5.82. The first-order valence-electron chi connectivity index (χ1n) is 9.36. The number of likely N-dealkylation sites (tertiary alicyclic amines) is 1. The van der Waals surface area contributed by atoms with Crippen molar-refractivity contribution in [3.63, 3.8) is 0 Å². The lowest BCUT2D eigenvalue weighted by Gasteiger charge is -2.37. The van der Waals surface area contributed by atoms with Crippen molar-refractivity contribution >= 4 is 5.91 Å². The number of amides is 1. The molecule has 2 aromatic carbocycles. The molecule has 0 aromatic heterocycles. The highest BCUT2D eigenvalue weighted by Gasteiger charge is 2.43. The second-order valence-electron chi connectivity index (χ2n) is 8.70. The summed E-state index contributed by atoms with van der Waals surface area (Å²) >= 11 is 0. The molecule has 1 saturated heterocycles.